The van der Waals surface area contributed by atoms with Gasteiger partial charge in [-0.2, -0.15) is 0 Å². The Morgan fingerprint density at radius 1 is 1.13 bits per heavy atom. The van der Waals surface area contributed by atoms with E-state index in [0.717, 1.165) is 5.56 Å². The van der Waals surface area contributed by atoms with Gasteiger partial charge in [0, 0.05) is 23.3 Å². The molecule has 2 aromatic rings. The van der Waals surface area contributed by atoms with E-state index in [0.29, 0.717) is 0 Å². The van der Waals surface area contributed by atoms with Gasteiger partial charge in [-0.25, -0.2) is 0 Å². The number of carbonyl (C=O) groups is 1. The Morgan fingerprint density at radius 3 is 2.30 bits per heavy atom. The summed E-state index contributed by atoms with van der Waals surface area (Å²) in [6.07, 6.45) is 1.44. The van der Waals surface area contributed by atoms with Gasteiger partial charge in [0.15, 0.2) is 20.9 Å². The summed E-state index contributed by atoms with van der Waals surface area (Å²) in [6, 6.07) is 14.3. The van der Waals surface area contributed by atoms with Crippen LogP contribution in [0.1, 0.15) is 15.9 Å². The molecule has 0 spiro atoms. The van der Waals surface area contributed by atoms with Crippen molar-refractivity contribution in [2.24, 2.45) is 0 Å². The van der Waals surface area contributed by atoms with E-state index in [4.69, 9.17) is 0 Å². The van der Waals surface area contributed by atoms with E-state index in [9.17, 15) is 19.1 Å². The first kappa shape index (κ1) is 16.6. The molecular weight excluding hydrogens is 314 g/mol. The fourth-order valence-corrected chi connectivity index (χ4v) is 2.90. The van der Waals surface area contributed by atoms with E-state index >= 15 is 0 Å². The Labute approximate surface area is 134 Å². The first-order valence-corrected chi connectivity index (χ1v) is 8.83. The predicted octanol–water partition coefficient (Wildman–Crippen LogP) is 2.92. The van der Waals surface area contributed by atoms with Gasteiger partial charge in [0.05, 0.1) is 4.92 Å². The number of hydrogen-bond donors (Lipinski definition) is 0. The highest BCUT2D eigenvalue weighted by Gasteiger charge is 2.25. The third-order valence-electron chi connectivity index (χ3n) is 2.99. The first-order chi connectivity index (χ1) is 10.9. The fourth-order valence-electron chi connectivity index (χ4n) is 1.83. The third kappa shape index (κ3) is 4.87. The molecule has 2 aromatic carbocycles. The van der Waals surface area contributed by atoms with Gasteiger partial charge >= 0.3 is 0 Å². The van der Waals surface area contributed by atoms with Crippen LogP contribution >= 0.6 is 0 Å². The van der Waals surface area contributed by atoms with Gasteiger partial charge < -0.3 is 0 Å². The number of nitro groups is 1. The van der Waals surface area contributed by atoms with E-state index in [1.54, 1.807) is 12.1 Å². The number of Topliss-reactive ketones (excluding diaryl/α,β-unsaturated/α-hetero) is 1. The van der Waals surface area contributed by atoms with Gasteiger partial charge in [0.25, 0.3) is 5.69 Å². The molecule has 0 bridgehead atoms. The van der Waals surface area contributed by atoms with Gasteiger partial charge in [-0.1, -0.05) is 22.4 Å². The molecule has 116 valence electrons. The minimum Gasteiger partial charge on any atom is -0.289 e. The average Bonchev–Trinajstić information content (AvgIpc) is 2.54. The van der Waals surface area contributed by atoms with Crippen LogP contribution in [0.15, 0.2) is 54.6 Å². The van der Waals surface area contributed by atoms with Crippen molar-refractivity contribution in [1.29, 1.82) is 0 Å². The molecule has 0 aliphatic heterocycles. The summed E-state index contributed by atoms with van der Waals surface area (Å²) in [5, 5.41) is 13.2. The summed E-state index contributed by atoms with van der Waals surface area (Å²) >= 11 is 0. The molecular formula is C17H14NO4S+. The molecule has 0 amide bonds. The average molecular weight is 328 g/mol. The molecule has 0 aliphatic carbocycles. The highest BCUT2D eigenvalue weighted by molar-refractivity contribution is 8.07. The van der Waals surface area contributed by atoms with Crippen LogP contribution in [0.25, 0.3) is 0 Å². The first-order valence-electron chi connectivity index (χ1n) is 6.70. The maximum atomic E-state index is 12.4. The number of carbonyl (C=O) groups excluding carboxylic acids is 1. The zero-order valence-corrected chi connectivity index (χ0v) is 13.2. The number of hydrogen-bond acceptors (Lipinski definition) is 4. The molecule has 5 nitrogen and oxygen atoms in total. The summed E-state index contributed by atoms with van der Waals surface area (Å²) in [7, 11) is -2.65. The van der Waals surface area contributed by atoms with Crippen LogP contribution < -0.4 is 0 Å². The summed E-state index contributed by atoms with van der Waals surface area (Å²) in [5.41, 5.74) is 0.916. The lowest BCUT2D eigenvalue weighted by Gasteiger charge is -2.00. The Hall–Kier alpha value is -2.78. The van der Waals surface area contributed by atoms with Crippen LogP contribution in [0.3, 0.4) is 0 Å². The molecule has 0 N–H and O–H groups in total. The molecule has 1 unspecified atom stereocenters. The second kappa shape index (κ2) is 6.99. The highest BCUT2D eigenvalue weighted by Crippen LogP contribution is 2.14. The maximum absolute atomic E-state index is 12.4. The summed E-state index contributed by atoms with van der Waals surface area (Å²) < 4.78 is 12.4. The molecule has 0 saturated carbocycles. The monoisotopic (exact) mass is 328 g/mol. The van der Waals surface area contributed by atoms with Crippen LogP contribution in [-0.4, -0.2) is 22.7 Å². The van der Waals surface area contributed by atoms with Gasteiger partial charge in [-0.15, -0.1) is 0 Å². The topological polar surface area (TPSA) is 77.3 Å². The van der Waals surface area contributed by atoms with Crippen molar-refractivity contribution in [3.8, 4) is 11.2 Å². The molecule has 0 aliphatic rings. The zero-order chi connectivity index (χ0) is 16.9. The van der Waals surface area contributed by atoms with Gasteiger partial charge in [0.1, 0.15) is 6.26 Å². The molecule has 0 aromatic heterocycles. The second-order valence-corrected chi connectivity index (χ2v) is 7.47. The minimum atomic E-state index is -2.65. The number of nitro benzene ring substituents is 1. The summed E-state index contributed by atoms with van der Waals surface area (Å²) in [4.78, 5) is 22.2. The Kier molecular flexibility index (Phi) is 5.04. The number of ketones is 1. The molecule has 0 radical (unpaired) electrons. The van der Waals surface area contributed by atoms with Crippen LogP contribution in [0.4, 0.5) is 5.69 Å². The second-order valence-electron chi connectivity index (χ2n) is 4.97. The van der Waals surface area contributed by atoms with Crippen LogP contribution in [-0.2, 0) is 14.1 Å². The van der Waals surface area contributed by atoms with Crippen LogP contribution in [0, 0.1) is 21.3 Å². The number of rotatable bonds is 4. The van der Waals surface area contributed by atoms with Crippen molar-refractivity contribution in [2.45, 2.75) is 0 Å². The molecule has 2 rings (SSSR count). The molecule has 0 fully saturated rings. The van der Waals surface area contributed by atoms with Crippen molar-refractivity contribution in [3.63, 3.8) is 0 Å². The van der Waals surface area contributed by atoms with Crippen LogP contribution in [0.5, 0.6) is 0 Å². The zero-order valence-electron chi connectivity index (χ0n) is 12.4. The van der Waals surface area contributed by atoms with Crippen molar-refractivity contribution < 1.29 is 13.9 Å². The quantitative estimate of drug-likeness (QED) is 0.284. The van der Waals surface area contributed by atoms with Gasteiger partial charge in [-0.05, 0) is 30.2 Å². The Balaban J connectivity index is 2.11. The lowest BCUT2D eigenvalue weighted by molar-refractivity contribution is -0.384. The minimum absolute atomic E-state index is 0.0948. The predicted molar refractivity (Wildman–Crippen MR) is 89.6 cm³/mol. The van der Waals surface area contributed by atoms with Crippen molar-refractivity contribution in [3.05, 3.63) is 75.8 Å². The maximum Gasteiger partial charge on any atom is 0.269 e. The SMILES string of the molecule is C[S+](=O)(C#Cc1ccccc1)CC(=O)c1ccc([N+](=O)[O-])cc1. The fraction of sp³-hybridized carbons (Fsp3) is 0.118. The van der Waals surface area contributed by atoms with E-state index in [1.807, 2.05) is 18.2 Å². The highest BCUT2D eigenvalue weighted by atomic mass is 32.2. The van der Waals surface area contributed by atoms with Crippen molar-refractivity contribution in [2.75, 3.05) is 12.0 Å². The Morgan fingerprint density at radius 2 is 1.74 bits per heavy atom. The smallest absolute Gasteiger partial charge is 0.269 e. The number of nitrogens with zero attached hydrogens (tertiary/aromatic N) is 1. The normalized spacial score (nSPS) is 12.6. The Bertz CT molecular complexity index is 832. The standard InChI is InChI=1S/C17H14NO4S/c1-23(22,12-11-14-5-3-2-4-6-14)13-17(19)15-7-9-16(10-8-15)18(20)21/h2-10H,13H2,1H3/q+1. The summed E-state index contributed by atoms with van der Waals surface area (Å²) in [5.74, 6) is 2.23. The lowest BCUT2D eigenvalue weighted by atomic mass is 10.1. The van der Waals surface area contributed by atoms with E-state index in [2.05, 4.69) is 11.2 Å². The van der Waals surface area contributed by atoms with Gasteiger partial charge in [0.2, 0.25) is 5.78 Å². The lowest BCUT2D eigenvalue weighted by Crippen LogP contribution is -2.19. The van der Waals surface area contributed by atoms with Crippen LogP contribution in [0.2, 0.25) is 0 Å². The molecule has 0 heterocycles. The third-order valence-corrected chi connectivity index (χ3v) is 4.34. The van der Waals surface area contributed by atoms with Crippen molar-refractivity contribution in [1.82, 2.24) is 0 Å². The van der Waals surface area contributed by atoms with E-state index in [-0.39, 0.29) is 22.8 Å². The number of non-ortho nitro benzene ring substituents is 1. The van der Waals surface area contributed by atoms with Crippen molar-refractivity contribution >= 4 is 21.4 Å². The molecule has 6 heteroatoms. The largest absolute Gasteiger partial charge is 0.289 e. The molecule has 23 heavy (non-hydrogen) atoms. The number of benzene rings is 2. The molecule has 1 atom stereocenters. The van der Waals surface area contributed by atoms with Gasteiger partial charge in [-0.3, -0.25) is 14.9 Å². The van der Waals surface area contributed by atoms with E-state index < -0.39 is 14.9 Å². The summed E-state index contributed by atoms with van der Waals surface area (Å²) in [6.45, 7) is 0. The molecule has 0 saturated heterocycles. The van der Waals surface area contributed by atoms with E-state index in [1.165, 1.54) is 30.5 Å².